The molecule has 0 saturated carbocycles. The summed E-state index contributed by atoms with van der Waals surface area (Å²) in [5.41, 5.74) is 1.13. The number of unbranched alkanes of at least 4 members (excludes halogenated alkanes) is 2. The molecule has 0 saturated heterocycles. The Bertz CT molecular complexity index is 362. The molecular weight excluding hydrogens is 242 g/mol. The number of carboxylic acids is 1. The smallest absolute Gasteiger partial charge is 0.304 e. The standard InChI is InChI=1S/C15H23NO3/c1-2-3-4-11-19-14-7-5-13(6-8-14)12-16-10-9-15(17)18/h5-8,16H,2-4,9-12H2,1H3,(H,17,18). The van der Waals surface area contributed by atoms with Crippen LogP contribution in [0.15, 0.2) is 24.3 Å². The van der Waals surface area contributed by atoms with Gasteiger partial charge in [-0.2, -0.15) is 0 Å². The SMILES string of the molecule is CCCCCOc1ccc(CNCCC(=O)O)cc1. The molecular formula is C15H23NO3. The van der Waals surface area contributed by atoms with E-state index in [9.17, 15) is 4.79 Å². The number of hydrogen-bond donors (Lipinski definition) is 2. The van der Waals surface area contributed by atoms with Crippen molar-refractivity contribution in [1.29, 1.82) is 0 Å². The summed E-state index contributed by atoms with van der Waals surface area (Å²) in [5, 5.41) is 11.6. The number of carboxylic acid groups (broad SMARTS) is 1. The van der Waals surface area contributed by atoms with Gasteiger partial charge in [0.05, 0.1) is 13.0 Å². The van der Waals surface area contributed by atoms with E-state index in [1.807, 2.05) is 24.3 Å². The van der Waals surface area contributed by atoms with Crippen LogP contribution in [0.2, 0.25) is 0 Å². The summed E-state index contributed by atoms with van der Waals surface area (Å²) in [6.45, 7) is 4.12. The third-order valence-electron chi connectivity index (χ3n) is 2.78. The number of ether oxygens (including phenoxy) is 1. The van der Waals surface area contributed by atoms with Crippen LogP contribution in [0.25, 0.3) is 0 Å². The van der Waals surface area contributed by atoms with Crippen LogP contribution in [0.4, 0.5) is 0 Å². The normalized spacial score (nSPS) is 10.4. The molecule has 0 atom stereocenters. The summed E-state index contributed by atoms with van der Waals surface area (Å²) >= 11 is 0. The first kappa shape index (κ1) is 15.5. The molecule has 4 heteroatoms. The molecule has 1 aromatic rings. The molecule has 0 aliphatic carbocycles. The highest BCUT2D eigenvalue weighted by molar-refractivity contribution is 5.66. The van der Waals surface area contributed by atoms with Crippen LogP contribution < -0.4 is 10.1 Å². The number of aliphatic carboxylic acids is 1. The van der Waals surface area contributed by atoms with Crippen LogP contribution in [0.5, 0.6) is 5.75 Å². The van der Waals surface area contributed by atoms with E-state index < -0.39 is 5.97 Å². The molecule has 0 radical (unpaired) electrons. The van der Waals surface area contributed by atoms with Gasteiger partial charge in [0.25, 0.3) is 0 Å². The first-order valence-corrected chi connectivity index (χ1v) is 6.86. The van der Waals surface area contributed by atoms with Gasteiger partial charge in [0, 0.05) is 13.1 Å². The van der Waals surface area contributed by atoms with Gasteiger partial charge < -0.3 is 15.2 Å². The summed E-state index contributed by atoms with van der Waals surface area (Å²) in [5.74, 6) is 0.119. The van der Waals surface area contributed by atoms with E-state index in [2.05, 4.69) is 12.2 Å². The lowest BCUT2D eigenvalue weighted by Crippen LogP contribution is -2.17. The van der Waals surface area contributed by atoms with Crippen molar-refractivity contribution in [1.82, 2.24) is 5.32 Å². The average Bonchev–Trinajstić information content (AvgIpc) is 2.41. The van der Waals surface area contributed by atoms with Gasteiger partial charge in [-0.3, -0.25) is 4.79 Å². The second-order valence-electron chi connectivity index (χ2n) is 4.52. The topological polar surface area (TPSA) is 58.6 Å². The molecule has 2 N–H and O–H groups in total. The van der Waals surface area contributed by atoms with Crippen molar-refractivity contribution in [3.63, 3.8) is 0 Å². The minimum Gasteiger partial charge on any atom is -0.494 e. The maximum atomic E-state index is 10.3. The molecule has 0 aromatic heterocycles. The number of benzene rings is 1. The van der Waals surface area contributed by atoms with Gasteiger partial charge in [0.15, 0.2) is 0 Å². The maximum absolute atomic E-state index is 10.3. The fraction of sp³-hybridized carbons (Fsp3) is 0.533. The van der Waals surface area contributed by atoms with E-state index in [-0.39, 0.29) is 6.42 Å². The van der Waals surface area contributed by atoms with Crippen LogP contribution in [0, 0.1) is 0 Å². The fourth-order valence-electron chi connectivity index (χ4n) is 1.67. The minimum atomic E-state index is -0.775. The van der Waals surface area contributed by atoms with Crippen molar-refractivity contribution in [2.24, 2.45) is 0 Å². The van der Waals surface area contributed by atoms with E-state index in [4.69, 9.17) is 9.84 Å². The third kappa shape index (κ3) is 7.47. The van der Waals surface area contributed by atoms with Gasteiger partial charge in [-0.05, 0) is 24.1 Å². The molecule has 0 unspecified atom stereocenters. The first-order valence-electron chi connectivity index (χ1n) is 6.86. The maximum Gasteiger partial charge on any atom is 0.304 e. The summed E-state index contributed by atoms with van der Waals surface area (Å²) in [7, 11) is 0. The molecule has 1 rings (SSSR count). The number of hydrogen-bond acceptors (Lipinski definition) is 3. The average molecular weight is 265 g/mol. The molecule has 0 aliphatic rings. The largest absolute Gasteiger partial charge is 0.494 e. The van der Waals surface area contributed by atoms with Gasteiger partial charge >= 0.3 is 5.97 Å². The number of nitrogens with one attached hydrogen (secondary N) is 1. The predicted octanol–water partition coefficient (Wildman–Crippen LogP) is 2.82. The van der Waals surface area contributed by atoms with E-state index in [0.717, 1.165) is 24.3 Å². The Morgan fingerprint density at radius 1 is 1.26 bits per heavy atom. The zero-order valence-electron chi connectivity index (χ0n) is 11.5. The lowest BCUT2D eigenvalue weighted by Gasteiger charge is -2.07. The molecule has 0 spiro atoms. The number of carbonyl (C=O) groups is 1. The summed E-state index contributed by atoms with van der Waals surface area (Å²) in [6.07, 6.45) is 3.64. The molecule has 106 valence electrons. The zero-order valence-corrected chi connectivity index (χ0v) is 11.5. The molecule has 0 heterocycles. The van der Waals surface area contributed by atoms with Crippen molar-refractivity contribution in [3.8, 4) is 5.75 Å². The van der Waals surface area contributed by atoms with Gasteiger partial charge in [0.2, 0.25) is 0 Å². The molecule has 4 nitrogen and oxygen atoms in total. The van der Waals surface area contributed by atoms with E-state index in [1.54, 1.807) is 0 Å². The molecule has 19 heavy (non-hydrogen) atoms. The number of rotatable bonds is 10. The van der Waals surface area contributed by atoms with Gasteiger partial charge in [-0.15, -0.1) is 0 Å². The highest BCUT2D eigenvalue weighted by Gasteiger charge is 1.98. The van der Waals surface area contributed by atoms with Crippen LogP contribution >= 0.6 is 0 Å². The van der Waals surface area contributed by atoms with E-state index >= 15 is 0 Å². The Balaban J connectivity index is 2.21. The van der Waals surface area contributed by atoms with E-state index in [0.29, 0.717) is 13.1 Å². The molecule has 0 bridgehead atoms. The third-order valence-corrected chi connectivity index (χ3v) is 2.78. The summed E-state index contributed by atoms with van der Waals surface area (Å²) in [4.78, 5) is 10.3. The zero-order chi connectivity index (χ0) is 13.9. The second kappa shape index (κ2) is 9.39. The van der Waals surface area contributed by atoms with Crippen LogP contribution in [0.3, 0.4) is 0 Å². The Hall–Kier alpha value is -1.55. The van der Waals surface area contributed by atoms with Crippen molar-refractivity contribution < 1.29 is 14.6 Å². The molecule has 0 aliphatic heterocycles. The van der Waals surface area contributed by atoms with Gasteiger partial charge in [-0.25, -0.2) is 0 Å². The van der Waals surface area contributed by atoms with Crippen molar-refractivity contribution in [2.45, 2.75) is 39.2 Å². The second-order valence-corrected chi connectivity index (χ2v) is 4.52. The Morgan fingerprint density at radius 2 is 2.00 bits per heavy atom. The predicted molar refractivity (Wildman–Crippen MR) is 75.4 cm³/mol. The van der Waals surface area contributed by atoms with E-state index in [1.165, 1.54) is 12.8 Å². The van der Waals surface area contributed by atoms with Crippen LogP contribution in [-0.4, -0.2) is 24.2 Å². The van der Waals surface area contributed by atoms with Crippen molar-refractivity contribution in [3.05, 3.63) is 29.8 Å². The van der Waals surface area contributed by atoms with Crippen molar-refractivity contribution in [2.75, 3.05) is 13.2 Å². The molecule has 1 aromatic carbocycles. The molecule has 0 fully saturated rings. The monoisotopic (exact) mass is 265 g/mol. The Kier molecular flexibility index (Phi) is 7.66. The van der Waals surface area contributed by atoms with Crippen LogP contribution in [0.1, 0.15) is 38.2 Å². The van der Waals surface area contributed by atoms with Crippen LogP contribution in [-0.2, 0) is 11.3 Å². The first-order chi connectivity index (χ1) is 9.22. The van der Waals surface area contributed by atoms with Gasteiger partial charge in [0.1, 0.15) is 5.75 Å². The lowest BCUT2D eigenvalue weighted by atomic mass is 10.2. The minimum absolute atomic E-state index is 0.151. The lowest BCUT2D eigenvalue weighted by molar-refractivity contribution is -0.136. The fourth-order valence-corrected chi connectivity index (χ4v) is 1.67. The van der Waals surface area contributed by atoms with Crippen molar-refractivity contribution >= 4 is 5.97 Å². The summed E-state index contributed by atoms with van der Waals surface area (Å²) < 4.78 is 5.62. The molecule has 0 amide bonds. The summed E-state index contributed by atoms with van der Waals surface area (Å²) in [6, 6.07) is 7.92. The Labute approximate surface area is 114 Å². The highest BCUT2D eigenvalue weighted by Crippen LogP contribution is 2.12. The highest BCUT2D eigenvalue weighted by atomic mass is 16.5. The van der Waals surface area contributed by atoms with Gasteiger partial charge in [-0.1, -0.05) is 31.9 Å². The quantitative estimate of drug-likeness (QED) is 0.639. The Morgan fingerprint density at radius 3 is 2.63 bits per heavy atom.